The molecule has 0 radical (unpaired) electrons. The first-order valence-electron chi connectivity index (χ1n) is 6.15. The third kappa shape index (κ3) is 6.53. The van der Waals surface area contributed by atoms with Gasteiger partial charge in [-0.3, -0.25) is 4.79 Å². The Morgan fingerprint density at radius 2 is 1.45 bits per heavy atom. The molecule has 0 spiro atoms. The molecule has 0 aliphatic rings. The van der Waals surface area contributed by atoms with Gasteiger partial charge in [-0.25, -0.2) is 9.59 Å². The third-order valence-corrected chi connectivity index (χ3v) is 2.15. The van der Waals surface area contributed by atoms with Crippen LogP contribution in [0, 0.1) is 0 Å². The predicted molar refractivity (Wildman–Crippen MR) is 71.9 cm³/mol. The SMILES string of the molecule is CCCC(=O)OCC.O=C(O)c1ccccc1C(=O)O. The highest BCUT2D eigenvalue weighted by molar-refractivity contribution is 6.01. The van der Waals surface area contributed by atoms with Gasteiger partial charge < -0.3 is 14.9 Å². The van der Waals surface area contributed by atoms with E-state index in [4.69, 9.17) is 10.2 Å². The van der Waals surface area contributed by atoms with Crippen molar-refractivity contribution in [2.24, 2.45) is 0 Å². The molecule has 0 unspecified atom stereocenters. The normalized spacial score (nSPS) is 9.10. The molecule has 2 N–H and O–H groups in total. The Morgan fingerprint density at radius 3 is 1.75 bits per heavy atom. The molecule has 1 aromatic carbocycles. The molecule has 0 fully saturated rings. The number of carboxylic acids is 2. The molecule has 20 heavy (non-hydrogen) atoms. The highest BCUT2D eigenvalue weighted by Crippen LogP contribution is 2.07. The van der Waals surface area contributed by atoms with Crippen LogP contribution in [0.25, 0.3) is 0 Å². The van der Waals surface area contributed by atoms with E-state index in [1.165, 1.54) is 24.3 Å². The number of hydrogen-bond acceptors (Lipinski definition) is 4. The molecule has 0 aliphatic carbocycles. The molecule has 0 atom stereocenters. The summed E-state index contributed by atoms with van der Waals surface area (Å²) in [5.74, 6) is -2.55. The topological polar surface area (TPSA) is 101 Å². The van der Waals surface area contributed by atoms with Crippen LogP contribution in [0.15, 0.2) is 24.3 Å². The maximum Gasteiger partial charge on any atom is 0.336 e. The summed E-state index contributed by atoms with van der Waals surface area (Å²) in [6.45, 7) is 4.27. The average molecular weight is 282 g/mol. The summed E-state index contributed by atoms with van der Waals surface area (Å²) in [7, 11) is 0. The van der Waals surface area contributed by atoms with Crippen LogP contribution < -0.4 is 0 Å². The largest absolute Gasteiger partial charge is 0.478 e. The first kappa shape index (κ1) is 17.6. The summed E-state index contributed by atoms with van der Waals surface area (Å²) in [5.41, 5.74) is -0.380. The van der Waals surface area contributed by atoms with E-state index in [-0.39, 0.29) is 17.1 Å². The van der Waals surface area contributed by atoms with Crippen LogP contribution in [-0.2, 0) is 9.53 Å². The first-order valence-corrected chi connectivity index (χ1v) is 6.15. The van der Waals surface area contributed by atoms with E-state index in [9.17, 15) is 14.4 Å². The van der Waals surface area contributed by atoms with Crippen molar-refractivity contribution in [3.63, 3.8) is 0 Å². The van der Waals surface area contributed by atoms with Gasteiger partial charge in [-0.05, 0) is 25.5 Å². The van der Waals surface area contributed by atoms with Crippen molar-refractivity contribution in [3.05, 3.63) is 35.4 Å². The minimum Gasteiger partial charge on any atom is -0.478 e. The number of ether oxygens (including phenoxy) is 1. The van der Waals surface area contributed by atoms with E-state index in [1.807, 2.05) is 13.8 Å². The monoisotopic (exact) mass is 282 g/mol. The lowest BCUT2D eigenvalue weighted by atomic mass is 10.1. The van der Waals surface area contributed by atoms with E-state index in [1.54, 1.807) is 0 Å². The molecule has 0 bridgehead atoms. The Morgan fingerprint density at radius 1 is 1.00 bits per heavy atom. The summed E-state index contributed by atoms with van der Waals surface area (Å²) in [6.07, 6.45) is 1.42. The van der Waals surface area contributed by atoms with Crippen LogP contribution >= 0.6 is 0 Å². The number of carbonyl (C=O) groups is 3. The molecule has 0 heterocycles. The fourth-order valence-electron chi connectivity index (χ4n) is 1.29. The molecule has 0 saturated heterocycles. The van der Waals surface area contributed by atoms with Gasteiger partial charge in [-0.15, -0.1) is 0 Å². The van der Waals surface area contributed by atoms with Crippen molar-refractivity contribution in [1.29, 1.82) is 0 Å². The lowest BCUT2D eigenvalue weighted by molar-refractivity contribution is -0.143. The van der Waals surface area contributed by atoms with Gasteiger partial charge in [0.15, 0.2) is 0 Å². The first-order chi connectivity index (χ1) is 9.43. The second-order valence-electron chi connectivity index (χ2n) is 3.71. The Labute approximate surface area is 117 Å². The van der Waals surface area contributed by atoms with Crippen molar-refractivity contribution in [3.8, 4) is 0 Å². The van der Waals surface area contributed by atoms with Gasteiger partial charge in [-0.2, -0.15) is 0 Å². The number of hydrogen-bond donors (Lipinski definition) is 2. The van der Waals surface area contributed by atoms with Crippen LogP contribution in [-0.4, -0.2) is 34.7 Å². The average Bonchev–Trinajstić information content (AvgIpc) is 2.40. The van der Waals surface area contributed by atoms with Gasteiger partial charge in [0, 0.05) is 6.42 Å². The highest BCUT2D eigenvalue weighted by Gasteiger charge is 2.13. The fraction of sp³-hybridized carbons (Fsp3) is 0.357. The number of benzene rings is 1. The van der Waals surface area contributed by atoms with Gasteiger partial charge in [0.05, 0.1) is 17.7 Å². The Hall–Kier alpha value is -2.37. The number of esters is 1. The fourth-order valence-corrected chi connectivity index (χ4v) is 1.29. The molecule has 6 heteroatoms. The lowest BCUT2D eigenvalue weighted by Gasteiger charge is -1.98. The summed E-state index contributed by atoms with van der Waals surface area (Å²) >= 11 is 0. The van der Waals surface area contributed by atoms with Crippen molar-refractivity contribution in [1.82, 2.24) is 0 Å². The summed E-state index contributed by atoms with van der Waals surface area (Å²) < 4.78 is 4.64. The van der Waals surface area contributed by atoms with Crippen molar-refractivity contribution < 1.29 is 29.3 Å². The molecule has 1 rings (SSSR count). The highest BCUT2D eigenvalue weighted by atomic mass is 16.5. The number of carboxylic acid groups (broad SMARTS) is 2. The second-order valence-corrected chi connectivity index (χ2v) is 3.71. The van der Waals surface area contributed by atoms with Crippen molar-refractivity contribution in [2.45, 2.75) is 26.7 Å². The van der Waals surface area contributed by atoms with Crippen LogP contribution in [0.5, 0.6) is 0 Å². The van der Waals surface area contributed by atoms with E-state index >= 15 is 0 Å². The zero-order valence-corrected chi connectivity index (χ0v) is 11.5. The van der Waals surface area contributed by atoms with Gasteiger partial charge in [0.2, 0.25) is 0 Å². The lowest BCUT2D eigenvalue weighted by Crippen LogP contribution is -2.06. The Bertz CT molecular complexity index is 425. The van der Waals surface area contributed by atoms with Crippen LogP contribution in [0.3, 0.4) is 0 Å². The van der Waals surface area contributed by atoms with E-state index in [0.717, 1.165) is 6.42 Å². The van der Waals surface area contributed by atoms with Crippen LogP contribution in [0.1, 0.15) is 47.4 Å². The molecule has 1 aromatic rings. The third-order valence-electron chi connectivity index (χ3n) is 2.15. The van der Waals surface area contributed by atoms with Gasteiger partial charge in [0.25, 0.3) is 0 Å². The molecular formula is C14H18O6. The van der Waals surface area contributed by atoms with E-state index in [0.29, 0.717) is 13.0 Å². The minimum absolute atomic E-state index is 0.0880. The van der Waals surface area contributed by atoms with Gasteiger partial charge in [0.1, 0.15) is 0 Å². The second kappa shape index (κ2) is 9.55. The molecule has 0 saturated carbocycles. The molecule has 6 nitrogen and oxygen atoms in total. The molecule has 110 valence electrons. The molecule has 0 amide bonds. The number of aromatic carboxylic acids is 2. The summed E-state index contributed by atoms with van der Waals surface area (Å²) in [6, 6.07) is 5.48. The van der Waals surface area contributed by atoms with Gasteiger partial charge in [-0.1, -0.05) is 19.1 Å². The number of carbonyl (C=O) groups excluding carboxylic acids is 1. The smallest absolute Gasteiger partial charge is 0.336 e. The van der Waals surface area contributed by atoms with Gasteiger partial charge >= 0.3 is 17.9 Å². The summed E-state index contributed by atoms with van der Waals surface area (Å²) in [5, 5.41) is 17.1. The maximum atomic E-state index is 10.5. The van der Waals surface area contributed by atoms with Crippen molar-refractivity contribution in [2.75, 3.05) is 6.61 Å². The van der Waals surface area contributed by atoms with Crippen LogP contribution in [0.4, 0.5) is 0 Å². The minimum atomic E-state index is -1.23. The number of rotatable bonds is 5. The van der Waals surface area contributed by atoms with E-state index in [2.05, 4.69) is 4.74 Å². The maximum absolute atomic E-state index is 10.5. The molecular weight excluding hydrogens is 264 g/mol. The zero-order valence-electron chi connectivity index (χ0n) is 11.5. The van der Waals surface area contributed by atoms with Crippen LogP contribution in [0.2, 0.25) is 0 Å². The summed E-state index contributed by atoms with van der Waals surface area (Å²) in [4.78, 5) is 31.3. The molecule has 0 aromatic heterocycles. The Kier molecular flexibility index (Phi) is 8.41. The Balaban J connectivity index is 0.000000396. The zero-order chi connectivity index (χ0) is 15.5. The van der Waals surface area contributed by atoms with Crippen molar-refractivity contribution >= 4 is 17.9 Å². The predicted octanol–water partition coefficient (Wildman–Crippen LogP) is 2.43. The quantitative estimate of drug-likeness (QED) is 0.804. The standard InChI is InChI=1S/C8H6O4.C6H12O2/c9-7(10)5-3-1-2-4-6(5)8(11)12;1-3-5-6(7)8-4-2/h1-4H,(H,9,10)(H,11,12);3-5H2,1-2H3. The molecule has 0 aliphatic heterocycles. The van der Waals surface area contributed by atoms with E-state index < -0.39 is 11.9 Å².